The first kappa shape index (κ1) is 16.7. The number of hydrogen-bond acceptors (Lipinski definition) is 3. The lowest BCUT2D eigenvalue weighted by Crippen LogP contribution is -2.55. The SMILES string of the molecule is CC(CO)(NC1CCN(C(=O)c2ccccc2Cl)CC1)C1CC1. The molecule has 1 amide bonds. The first-order chi connectivity index (χ1) is 11.0. The Morgan fingerprint density at radius 3 is 2.52 bits per heavy atom. The maximum absolute atomic E-state index is 12.6. The molecular formula is C18H25ClN2O2. The number of likely N-dealkylation sites (tertiary alicyclic amines) is 1. The number of benzene rings is 1. The molecule has 1 aliphatic heterocycles. The second-order valence-corrected chi connectivity index (χ2v) is 7.45. The van der Waals surface area contributed by atoms with Crippen molar-refractivity contribution in [3.63, 3.8) is 0 Å². The number of halogens is 1. The summed E-state index contributed by atoms with van der Waals surface area (Å²) in [4.78, 5) is 14.4. The molecule has 4 nitrogen and oxygen atoms in total. The fourth-order valence-corrected chi connectivity index (χ4v) is 3.73. The van der Waals surface area contributed by atoms with Gasteiger partial charge < -0.3 is 15.3 Å². The molecule has 1 aromatic carbocycles. The molecule has 2 N–H and O–H groups in total. The van der Waals surface area contributed by atoms with E-state index in [1.807, 2.05) is 17.0 Å². The third-order valence-corrected chi connectivity index (χ3v) is 5.56. The molecule has 126 valence electrons. The topological polar surface area (TPSA) is 52.6 Å². The number of amides is 1. The molecule has 3 rings (SSSR count). The minimum absolute atomic E-state index is 0.0150. The maximum atomic E-state index is 12.6. The van der Waals surface area contributed by atoms with Crippen LogP contribution in [0.1, 0.15) is 43.0 Å². The predicted octanol–water partition coefficient (Wildman–Crippen LogP) is 2.70. The van der Waals surface area contributed by atoms with Gasteiger partial charge in [-0.2, -0.15) is 0 Å². The summed E-state index contributed by atoms with van der Waals surface area (Å²) in [5.74, 6) is 0.608. The quantitative estimate of drug-likeness (QED) is 0.869. The van der Waals surface area contributed by atoms with E-state index in [4.69, 9.17) is 11.6 Å². The lowest BCUT2D eigenvalue weighted by molar-refractivity contribution is 0.0670. The van der Waals surface area contributed by atoms with Gasteiger partial charge in [-0.05, 0) is 50.7 Å². The summed E-state index contributed by atoms with van der Waals surface area (Å²) >= 11 is 6.13. The van der Waals surface area contributed by atoms with Crippen LogP contribution in [0.15, 0.2) is 24.3 Å². The van der Waals surface area contributed by atoms with E-state index in [0.717, 1.165) is 25.9 Å². The summed E-state index contributed by atoms with van der Waals surface area (Å²) in [6, 6.07) is 7.58. The predicted molar refractivity (Wildman–Crippen MR) is 91.7 cm³/mol. The Hall–Kier alpha value is -1.10. The zero-order chi connectivity index (χ0) is 16.4. The fourth-order valence-electron chi connectivity index (χ4n) is 3.51. The van der Waals surface area contributed by atoms with E-state index in [-0.39, 0.29) is 18.1 Å². The van der Waals surface area contributed by atoms with Crippen molar-refractivity contribution in [2.75, 3.05) is 19.7 Å². The van der Waals surface area contributed by atoms with E-state index in [0.29, 0.717) is 22.5 Å². The first-order valence-corrected chi connectivity index (χ1v) is 8.83. The molecule has 0 bridgehead atoms. The molecule has 1 atom stereocenters. The van der Waals surface area contributed by atoms with E-state index >= 15 is 0 Å². The third kappa shape index (κ3) is 3.70. The standard InChI is InChI=1S/C18H25ClN2O2/c1-18(12-22,13-6-7-13)20-14-8-10-21(11-9-14)17(23)15-4-2-3-5-16(15)19/h2-5,13-14,20,22H,6-12H2,1H3. The summed E-state index contributed by atoms with van der Waals surface area (Å²) in [7, 11) is 0. The van der Waals surface area contributed by atoms with Gasteiger partial charge in [0, 0.05) is 24.7 Å². The Morgan fingerprint density at radius 2 is 1.96 bits per heavy atom. The molecule has 1 heterocycles. The number of hydrogen-bond donors (Lipinski definition) is 2. The summed E-state index contributed by atoms with van der Waals surface area (Å²) in [6.45, 7) is 3.75. The van der Waals surface area contributed by atoms with Crippen molar-refractivity contribution in [2.45, 2.75) is 44.2 Å². The molecule has 1 unspecified atom stereocenters. The van der Waals surface area contributed by atoms with Crippen LogP contribution in [0.2, 0.25) is 5.02 Å². The first-order valence-electron chi connectivity index (χ1n) is 8.46. The number of aliphatic hydroxyl groups is 1. The number of carbonyl (C=O) groups is 1. The minimum atomic E-state index is -0.167. The van der Waals surface area contributed by atoms with Crippen molar-refractivity contribution in [1.29, 1.82) is 0 Å². The van der Waals surface area contributed by atoms with Crippen LogP contribution in [-0.4, -0.2) is 47.2 Å². The molecule has 0 spiro atoms. The van der Waals surface area contributed by atoms with Gasteiger partial charge in [0.05, 0.1) is 17.2 Å². The van der Waals surface area contributed by atoms with Gasteiger partial charge in [0.15, 0.2) is 0 Å². The van der Waals surface area contributed by atoms with Gasteiger partial charge in [-0.25, -0.2) is 0 Å². The third-order valence-electron chi connectivity index (χ3n) is 5.23. The highest BCUT2D eigenvalue weighted by Gasteiger charge is 2.42. The number of carbonyl (C=O) groups excluding carboxylic acids is 1. The van der Waals surface area contributed by atoms with E-state index in [9.17, 15) is 9.90 Å². The summed E-state index contributed by atoms with van der Waals surface area (Å²) < 4.78 is 0. The van der Waals surface area contributed by atoms with Gasteiger partial charge in [0.2, 0.25) is 0 Å². The van der Waals surface area contributed by atoms with Crippen LogP contribution in [0.5, 0.6) is 0 Å². The lowest BCUT2D eigenvalue weighted by Gasteiger charge is -2.39. The van der Waals surface area contributed by atoms with Gasteiger partial charge in [0.25, 0.3) is 5.91 Å². The number of piperidine rings is 1. The molecule has 23 heavy (non-hydrogen) atoms. The second kappa shape index (κ2) is 6.80. The molecule has 1 saturated carbocycles. The normalized spacial score (nSPS) is 22.0. The van der Waals surface area contributed by atoms with Gasteiger partial charge in [-0.3, -0.25) is 4.79 Å². The van der Waals surface area contributed by atoms with Crippen LogP contribution < -0.4 is 5.32 Å². The van der Waals surface area contributed by atoms with Crippen molar-refractivity contribution < 1.29 is 9.90 Å². The molecule has 0 radical (unpaired) electrons. The van der Waals surface area contributed by atoms with Gasteiger partial charge in [-0.15, -0.1) is 0 Å². The van der Waals surface area contributed by atoms with Crippen molar-refractivity contribution in [1.82, 2.24) is 10.2 Å². The number of nitrogens with one attached hydrogen (secondary N) is 1. The largest absolute Gasteiger partial charge is 0.394 e. The maximum Gasteiger partial charge on any atom is 0.255 e. The van der Waals surface area contributed by atoms with Crippen LogP contribution in [0.3, 0.4) is 0 Å². The summed E-state index contributed by atoms with van der Waals surface area (Å²) in [5, 5.41) is 13.9. The van der Waals surface area contributed by atoms with Crippen molar-refractivity contribution in [3.8, 4) is 0 Å². The summed E-state index contributed by atoms with van der Waals surface area (Å²) in [5.41, 5.74) is 0.415. The second-order valence-electron chi connectivity index (χ2n) is 7.04. The zero-order valence-corrected chi connectivity index (χ0v) is 14.4. The lowest BCUT2D eigenvalue weighted by atomic mass is 9.93. The zero-order valence-electron chi connectivity index (χ0n) is 13.6. The van der Waals surface area contributed by atoms with E-state index in [1.54, 1.807) is 12.1 Å². The molecule has 0 aromatic heterocycles. The van der Waals surface area contributed by atoms with E-state index in [1.165, 1.54) is 12.8 Å². The van der Waals surface area contributed by atoms with Crippen LogP contribution in [0.4, 0.5) is 0 Å². The van der Waals surface area contributed by atoms with Crippen LogP contribution in [0.25, 0.3) is 0 Å². The fraction of sp³-hybridized carbons (Fsp3) is 0.611. The smallest absolute Gasteiger partial charge is 0.255 e. The highest BCUT2D eigenvalue weighted by Crippen LogP contribution is 2.40. The molecule has 1 saturated heterocycles. The highest BCUT2D eigenvalue weighted by molar-refractivity contribution is 6.33. The Labute approximate surface area is 142 Å². The van der Waals surface area contributed by atoms with Crippen LogP contribution in [-0.2, 0) is 0 Å². The highest BCUT2D eigenvalue weighted by atomic mass is 35.5. The molecular weight excluding hydrogens is 312 g/mol. The monoisotopic (exact) mass is 336 g/mol. The molecule has 1 aliphatic carbocycles. The average Bonchev–Trinajstić information content (AvgIpc) is 3.41. The van der Waals surface area contributed by atoms with Gasteiger partial charge >= 0.3 is 0 Å². The molecule has 2 fully saturated rings. The Morgan fingerprint density at radius 1 is 1.30 bits per heavy atom. The number of rotatable bonds is 5. The van der Waals surface area contributed by atoms with Crippen LogP contribution in [0, 0.1) is 5.92 Å². The summed E-state index contributed by atoms with van der Waals surface area (Å²) in [6.07, 6.45) is 4.23. The minimum Gasteiger partial charge on any atom is -0.394 e. The van der Waals surface area contributed by atoms with Gasteiger partial charge in [0.1, 0.15) is 0 Å². The van der Waals surface area contributed by atoms with Crippen LogP contribution >= 0.6 is 11.6 Å². The Bertz CT molecular complexity index is 568. The van der Waals surface area contributed by atoms with E-state index < -0.39 is 0 Å². The molecule has 5 heteroatoms. The van der Waals surface area contributed by atoms with E-state index in [2.05, 4.69) is 12.2 Å². The number of aliphatic hydroxyl groups excluding tert-OH is 1. The van der Waals surface area contributed by atoms with Crippen molar-refractivity contribution in [3.05, 3.63) is 34.9 Å². The average molecular weight is 337 g/mol. The molecule has 2 aliphatic rings. The molecule has 1 aromatic rings. The Kier molecular flexibility index (Phi) is 4.95. The Balaban J connectivity index is 1.56. The van der Waals surface area contributed by atoms with Gasteiger partial charge in [-0.1, -0.05) is 23.7 Å². The number of nitrogens with zero attached hydrogens (tertiary/aromatic N) is 1. The van der Waals surface area contributed by atoms with Crippen molar-refractivity contribution >= 4 is 17.5 Å². The van der Waals surface area contributed by atoms with Crippen molar-refractivity contribution in [2.24, 2.45) is 5.92 Å².